The summed E-state index contributed by atoms with van der Waals surface area (Å²) in [7, 11) is -0.292. The first-order valence-electron chi connectivity index (χ1n) is 17.0. The molecule has 53 heavy (non-hydrogen) atoms. The van der Waals surface area contributed by atoms with Crippen molar-refractivity contribution in [2.45, 2.75) is 24.2 Å². The Morgan fingerprint density at radius 1 is 0.868 bits per heavy atom. The predicted molar refractivity (Wildman–Crippen MR) is 197 cm³/mol. The fourth-order valence-corrected chi connectivity index (χ4v) is 9.45. The zero-order chi connectivity index (χ0) is 37.3. The highest BCUT2D eigenvalue weighted by molar-refractivity contribution is 6.58. The molecule has 4 N–H and O–H groups in total. The number of hydrogen-bond acceptors (Lipinski definition) is 9. The second-order valence-electron chi connectivity index (χ2n) is 13.8. The number of amides is 4. The van der Waals surface area contributed by atoms with Crippen LogP contribution in [-0.4, -0.2) is 58.0 Å². The Kier molecular flexibility index (Phi) is 8.61. The zero-order valence-corrected chi connectivity index (χ0v) is 29.7. The molecule has 3 fully saturated rings. The fourth-order valence-electron chi connectivity index (χ4n) is 9.00. The van der Waals surface area contributed by atoms with Crippen molar-refractivity contribution in [2.75, 3.05) is 17.4 Å². The number of rotatable bonds is 7. The van der Waals surface area contributed by atoms with Crippen molar-refractivity contribution in [2.24, 2.45) is 23.7 Å². The van der Waals surface area contributed by atoms with E-state index in [-0.39, 0.29) is 40.5 Å². The molecule has 4 aromatic carbocycles. The van der Waals surface area contributed by atoms with E-state index in [4.69, 9.17) is 27.9 Å². The third kappa shape index (κ3) is 5.26. The van der Waals surface area contributed by atoms with Crippen LogP contribution in [0.4, 0.5) is 11.4 Å². The third-order valence-corrected chi connectivity index (χ3v) is 11.8. The van der Waals surface area contributed by atoms with E-state index in [1.54, 1.807) is 60.7 Å². The Labute approximate surface area is 314 Å². The monoisotopic (exact) mass is 751 g/mol. The Hall–Kier alpha value is -5.14. The van der Waals surface area contributed by atoms with E-state index >= 15 is 4.79 Å². The van der Waals surface area contributed by atoms with Gasteiger partial charge >= 0.3 is 7.12 Å². The lowest BCUT2D eigenvalue weighted by atomic mass is 9.49. The maximum absolute atomic E-state index is 15.3. The SMILES string of the molecule is COc1ccc(C23C(=O)N(Nc4ccc(Cl)cc4Cl)C(=O)C2CC2C(=CCC4C(=O)N(c5cccc(B(O)O)c5)C(=O)C42)C3c2ccccc2O)cc1. The minimum Gasteiger partial charge on any atom is -0.508 e. The highest BCUT2D eigenvalue weighted by Gasteiger charge is 2.70. The van der Waals surface area contributed by atoms with Crippen molar-refractivity contribution >= 4 is 70.8 Å². The van der Waals surface area contributed by atoms with Crippen LogP contribution in [0, 0.1) is 23.7 Å². The number of para-hydroxylation sites is 1. The molecule has 14 heteroatoms. The number of carbonyl (C=O) groups excluding carboxylic acids is 4. The maximum Gasteiger partial charge on any atom is 0.488 e. The van der Waals surface area contributed by atoms with Crippen LogP contribution in [0.3, 0.4) is 0 Å². The van der Waals surface area contributed by atoms with Gasteiger partial charge in [0.15, 0.2) is 0 Å². The molecule has 6 atom stereocenters. The molecule has 11 nitrogen and oxygen atoms in total. The Morgan fingerprint density at radius 3 is 2.32 bits per heavy atom. The zero-order valence-electron chi connectivity index (χ0n) is 28.1. The van der Waals surface area contributed by atoms with Gasteiger partial charge in [0.2, 0.25) is 11.8 Å². The fraction of sp³-hybridized carbons (Fsp3) is 0.231. The van der Waals surface area contributed by atoms with Gasteiger partial charge in [-0.15, -0.1) is 0 Å². The van der Waals surface area contributed by atoms with Gasteiger partial charge in [0.05, 0.1) is 46.7 Å². The topological polar surface area (TPSA) is 157 Å². The second-order valence-corrected chi connectivity index (χ2v) is 14.6. The normalized spacial score (nSPS) is 26.2. The summed E-state index contributed by atoms with van der Waals surface area (Å²) in [6.07, 6.45) is 2.08. The van der Waals surface area contributed by atoms with Crippen LogP contribution in [0.1, 0.15) is 29.9 Å². The molecule has 2 saturated heterocycles. The van der Waals surface area contributed by atoms with Gasteiger partial charge in [-0.2, -0.15) is 5.01 Å². The summed E-state index contributed by atoms with van der Waals surface area (Å²) in [5, 5.41) is 32.6. The Morgan fingerprint density at radius 2 is 1.62 bits per heavy atom. The van der Waals surface area contributed by atoms with E-state index in [1.807, 2.05) is 6.08 Å². The molecule has 6 unspecified atom stereocenters. The largest absolute Gasteiger partial charge is 0.508 e. The van der Waals surface area contributed by atoms with Gasteiger partial charge in [-0.05, 0) is 78.3 Å². The van der Waals surface area contributed by atoms with Crippen molar-refractivity contribution in [3.05, 3.63) is 124 Å². The molecular formula is C39H32BCl2N3O8. The lowest BCUT2D eigenvalue weighted by molar-refractivity contribution is -0.138. The Balaban J connectivity index is 1.31. The number of anilines is 2. The van der Waals surface area contributed by atoms with Crippen LogP contribution in [0.5, 0.6) is 11.5 Å². The van der Waals surface area contributed by atoms with E-state index < -0.39 is 65.8 Å². The van der Waals surface area contributed by atoms with Crippen molar-refractivity contribution < 1.29 is 39.1 Å². The van der Waals surface area contributed by atoms with Crippen LogP contribution in [0.15, 0.2) is 103 Å². The summed E-state index contributed by atoms with van der Waals surface area (Å²) in [6.45, 7) is 0. The summed E-state index contributed by atoms with van der Waals surface area (Å²) in [5.74, 6) is -6.04. The Bertz CT molecular complexity index is 2230. The molecule has 0 spiro atoms. The number of ether oxygens (including phenoxy) is 1. The van der Waals surface area contributed by atoms with E-state index in [2.05, 4.69) is 5.43 Å². The smallest absolute Gasteiger partial charge is 0.488 e. The number of phenols is 1. The molecule has 0 radical (unpaired) electrons. The van der Waals surface area contributed by atoms with Gasteiger partial charge in [0.1, 0.15) is 11.5 Å². The average Bonchev–Trinajstić information content (AvgIpc) is 3.53. The van der Waals surface area contributed by atoms with Crippen LogP contribution in [0.25, 0.3) is 0 Å². The molecule has 4 aromatic rings. The van der Waals surface area contributed by atoms with Crippen molar-refractivity contribution in [1.29, 1.82) is 0 Å². The highest BCUT2D eigenvalue weighted by atomic mass is 35.5. The van der Waals surface area contributed by atoms with E-state index in [0.717, 1.165) is 9.91 Å². The van der Waals surface area contributed by atoms with Crippen LogP contribution < -0.4 is 20.5 Å². The van der Waals surface area contributed by atoms with E-state index in [0.29, 0.717) is 27.5 Å². The molecule has 8 rings (SSSR count). The number of phenolic OH excluding ortho intramolecular Hbond substituents is 1. The summed E-state index contributed by atoms with van der Waals surface area (Å²) < 4.78 is 5.44. The molecule has 0 aromatic heterocycles. The first-order chi connectivity index (χ1) is 25.5. The lowest BCUT2D eigenvalue weighted by Gasteiger charge is -2.50. The van der Waals surface area contributed by atoms with Gasteiger partial charge < -0.3 is 19.9 Å². The number of aromatic hydroxyl groups is 1. The summed E-state index contributed by atoms with van der Waals surface area (Å²) in [6, 6.07) is 24.1. The minimum absolute atomic E-state index is 0.0302. The number of nitrogens with zero attached hydrogens (tertiary/aromatic N) is 2. The van der Waals surface area contributed by atoms with Crippen molar-refractivity contribution in [3.8, 4) is 11.5 Å². The number of imide groups is 2. The lowest BCUT2D eigenvalue weighted by Crippen LogP contribution is -2.53. The highest BCUT2D eigenvalue weighted by Crippen LogP contribution is 2.65. The number of nitrogens with one attached hydrogen (secondary N) is 1. The minimum atomic E-state index is -1.81. The number of allylic oxidation sites excluding steroid dienone is 2. The summed E-state index contributed by atoms with van der Waals surface area (Å²) in [5.41, 5.74) is 3.44. The van der Waals surface area contributed by atoms with Crippen molar-refractivity contribution in [3.63, 3.8) is 0 Å². The summed E-state index contributed by atoms with van der Waals surface area (Å²) in [4.78, 5) is 59.8. The van der Waals surface area contributed by atoms with Gasteiger partial charge in [-0.3, -0.25) is 29.5 Å². The number of benzene rings is 4. The number of carbonyl (C=O) groups is 4. The molecule has 2 aliphatic heterocycles. The first-order valence-corrected chi connectivity index (χ1v) is 17.8. The standard InChI is InChI=1S/C39H32BCl2N3O8/c1-53-24-12-9-20(10-13-24)39-29(36(48)45(38(39)50)43-31-16-11-22(41)18-30(31)42)19-28-25(34(39)26-7-2-3-8-32(26)46)14-15-27-33(28)37(49)44(35(27)47)23-6-4-5-21(17-23)40(51)52/h2-14,16-18,27-29,33-34,43,46,51-52H,15,19H2,1H3. The van der Waals surface area contributed by atoms with Crippen LogP contribution in [0.2, 0.25) is 10.0 Å². The van der Waals surface area contributed by atoms with Gasteiger partial charge in [0.25, 0.3) is 11.8 Å². The van der Waals surface area contributed by atoms with Gasteiger partial charge in [0, 0.05) is 16.5 Å². The number of hydrogen-bond donors (Lipinski definition) is 4. The maximum atomic E-state index is 15.3. The van der Waals surface area contributed by atoms with E-state index in [1.165, 1.54) is 37.4 Å². The number of hydrazine groups is 1. The van der Waals surface area contributed by atoms with Crippen LogP contribution >= 0.6 is 23.2 Å². The van der Waals surface area contributed by atoms with E-state index in [9.17, 15) is 29.5 Å². The second kappa shape index (κ2) is 13.1. The third-order valence-electron chi connectivity index (χ3n) is 11.3. The molecule has 1 saturated carbocycles. The molecular weight excluding hydrogens is 720 g/mol. The quantitative estimate of drug-likeness (QED) is 0.121. The summed E-state index contributed by atoms with van der Waals surface area (Å²) >= 11 is 12.7. The molecule has 4 amide bonds. The first kappa shape index (κ1) is 34.9. The van der Waals surface area contributed by atoms with Gasteiger partial charge in [-0.1, -0.05) is 77.3 Å². The number of methoxy groups -OCH3 is 1. The molecule has 2 aliphatic carbocycles. The van der Waals surface area contributed by atoms with Crippen LogP contribution in [-0.2, 0) is 24.6 Å². The molecule has 4 aliphatic rings. The van der Waals surface area contributed by atoms with Crippen molar-refractivity contribution in [1.82, 2.24) is 5.01 Å². The average molecular weight is 752 g/mol. The van der Waals surface area contributed by atoms with Gasteiger partial charge in [-0.25, -0.2) is 0 Å². The molecule has 2 heterocycles. The predicted octanol–water partition coefficient (Wildman–Crippen LogP) is 4.58. The number of halogens is 2. The molecule has 0 bridgehead atoms. The number of fused-ring (bicyclic) bond motifs is 4. The molecule has 268 valence electrons.